The van der Waals surface area contributed by atoms with Gasteiger partial charge in [-0.2, -0.15) is 0 Å². The number of fused-ring (bicyclic) bond motifs is 1. The fraction of sp³-hybridized carbons (Fsp3) is 0.278. The van der Waals surface area contributed by atoms with Gasteiger partial charge in [0, 0.05) is 11.4 Å². The third-order valence-electron chi connectivity index (χ3n) is 4.95. The topological polar surface area (TPSA) is 107 Å². The van der Waals surface area contributed by atoms with Crippen LogP contribution >= 0.6 is 22.9 Å². The predicted octanol–water partition coefficient (Wildman–Crippen LogP) is 3.01. The number of halogens is 2. The maximum Gasteiger partial charge on any atom is 0.205 e. The molecule has 0 radical (unpaired) electrons. The molecule has 0 saturated carbocycles. The second-order valence-electron chi connectivity index (χ2n) is 6.77. The Kier molecular flexibility index (Phi) is 4.61. The molecule has 0 amide bonds. The number of nitrogen functional groups attached to an aromatic ring is 1. The van der Waals surface area contributed by atoms with Crippen molar-refractivity contribution in [2.75, 3.05) is 12.3 Å². The van der Waals surface area contributed by atoms with Gasteiger partial charge in [0.25, 0.3) is 0 Å². The van der Waals surface area contributed by atoms with Gasteiger partial charge in [-0.15, -0.1) is 16.4 Å². The molecule has 0 saturated heterocycles. The molecular formula is C18H16ClFN8S. The summed E-state index contributed by atoms with van der Waals surface area (Å²) in [4.78, 5) is 11.3. The average molecular weight is 431 g/mol. The van der Waals surface area contributed by atoms with E-state index in [-0.39, 0.29) is 16.7 Å². The number of rotatable bonds is 3. The summed E-state index contributed by atoms with van der Waals surface area (Å²) in [7, 11) is 0. The first kappa shape index (κ1) is 18.3. The normalized spacial score (nSPS) is 18.9. The number of tetrazole rings is 1. The second kappa shape index (κ2) is 7.29. The highest BCUT2D eigenvalue weighted by molar-refractivity contribution is 7.15. The quantitative estimate of drug-likeness (QED) is 0.657. The van der Waals surface area contributed by atoms with Crippen molar-refractivity contribution in [2.24, 2.45) is 0 Å². The van der Waals surface area contributed by atoms with Crippen LogP contribution in [0.15, 0.2) is 35.3 Å². The molecule has 1 aliphatic carbocycles. The van der Waals surface area contributed by atoms with Gasteiger partial charge in [0.1, 0.15) is 11.9 Å². The molecule has 0 fully saturated rings. The molecule has 3 aromatic heterocycles. The van der Waals surface area contributed by atoms with Crippen molar-refractivity contribution in [2.45, 2.75) is 25.4 Å². The minimum absolute atomic E-state index is 0.0354. The minimum atomic E-state index is -0.748. The molecule has 2 aliphatic rings. The van der Waals surface area contributed by atoms with Crippen LogP contribution in [0.25, 0.3) is 22.1 Å². The van der Waals surface area contributed by atoms with Crippen molar-refractivity contribution in [1.29, 1.82) is 0 Å². The van der Waals surface area contributed by atoms with Crippen LogP contribution in [-0.2, 0) is 13.0 Å². The van der Waals surface area contributed by atoms with E-state index < -0.39 is 11.9 Å². The maximum absolute atomic E-state index is 14.6. The Morgan fingerprint density at radius 3 is 3.14 bits per heavy atom. The van der Waals surface area contributed by atoms with Gasteiger partial charge in [0.05, 0.1) is 21.8 Å². The number of nitrogens with two attached hydrogens (primary N) is 1. The van der Waals surface area contributed by atoms with E-state index in [0.717, 1.165) is 24.4 Å². The number of thiophene rings is 1. The standard InChI is InChI=1S/C18H16ClFN8S/c19-10-2-1-3-12(15(10)20)28-18(25-26-27-28)16-17(21)23-7-11(24-16)13-6-9-4-5-22-8-14(9)29-13/h1-2,6-7,12,22H,3-5,8H2,(H2,21,23). The molecule has 0 bridgehead atoms. The van der Waals surface area contributed by atoms with Gasteiger partial charge < -0.3 is 11.1 Å². The first-order chi connectivity index (χ1) is 14.1. The van der Waals surface area contributed by atoms with Crippen molar-refractivity contribution in [1.82, 2.24) is 35.5 Å². The van der Waals surface area contributed by atoms with E-state index in [0.29, 0.717) is 17.8 Å². The SMILES string of the molecule is Nc1ncc(-c2cc3c(s2)CNCC3)nc1-c1nnnn1C1CC=CC(Cl)=C1F. The van der Waals surface area contributed by atoms with Crippen LogP contribution < -0.4 is 11.1 Å². The average Bonchev–Trinajstić information content (AvgIpc) is 3.37. The van der Waals surface area contributed by atoms with E-state index in [9.17, 15) is 4.39 Å². The third-order valence-corrected chi connectivity index (χ3v) is 6.46. The maximum atomic E-state index is 14.6. The first-order valence-corrected chi connectivity index (χ1v) is 10.3. The molecule has 1 aliphatic heterocycles. The van der Waals surface area contributed by atoms with Crippen LogP contribution in [0.5, 0.6) is 0 Å². The number of aromatic nitrogens is 6. The van der Waals surface area contributed by atoms with E-state index in [4.69, 9.17) is 17.3 Å². The van der Waals surface area contributed by atoms with E-state index in [1.165, 1.54) is 21.2 Å². The summed E-state index contributed by atoms with van der Waals surface area (Å²) in [6, 6.07) is 1.39. The molecule has 1 atom stereocenters. The Morgan fingerprint density at radius 2 is 2.28 bits per heavy atom. The van der Waals surface area contributed by atoms with Crippen LogP contribution in [0, 0.1) is 0 Å². The summed E-state index contributed by atoms with van der Waals surface area (Å²) < 4.78 is 15.9. The number of nitrogens with one attached hydrogen (secondary N) is 1. The van der Waals surface area contributed by atoms with Crippen LogP contribution in [0.3, 0.4) is 0 Å². The first-order valence-electron chi connectivity index (χ1n) is 9.07. The molecule has 3 N–H and O–H groups in total. The molecule has 5 rings (SSSR count). The Bertz CT molecular complexity index is 1130. The largest absolute Gasteiger partial charge is 0.382 e. The summed E-state index contributed by atoms with van der Waals surface area (Å²) in [6.45, 7) is 1.82. The van der Waals surface area contributed by atoms with Gasteiger partial charge in [0.2, 0.25) is 5.82 Å². The highest BCUT2D eigenvalue weighted by atomic mass is 35.5. The monoisotopic (exact) mass is 430 g/mol. The highest BCUT2D eigenvalue weighted by Crippen LogP contribution is 2.36. The molecular weight excluding hydrogens is 415 g/mol. The molecule has 8 nitrogen and oxygen atoms in total. The predicted molar refractivity (Wildman–Crippen MR) is 109 cm³/mol. The number of hydrogen-bond donors (Lipinski definition) is 2. The molecule has 3 aromatic rings. The zero-order chi connectivity index (χ0) is 20.0. The van der Waals surface area contributed by atoms with Crippen molar-refractivity contribution < 1.29 is 4.39 Å². The van der Waals surface area contributed by atoms with Crippen LogP contribution in [-0.4, -0.2) is 36.7 Å². The zero-order valence-corrected chi connectivity index (χ0v) is 16.7. The molecule has 4 heterocycles. The van der Waals surface area contributed by atoms with Gasteiger partial charge in [-0.25, -0.2) is 19.0 Å². The molecule has 0 aromatic carbocycles. The summed E-state index contributed by atoms with van der Waals surface area (Å²) in [5.41, 5.74) is 8.40. The van der Waals surface area contributed by atoms with E-state index in [1.54, 1.807) is 23.6 Å². The smallest absolute Gasteiger partial charge is 0.205 e. The van der Waals surface area contributed by atoms with Crippen molar-refractivity contribution in [3.63, 3.8) is 0 Å². The number of hydrogen-bond acceptors (Lipinski definition) is 8. The molecule has 29 heavy (non-hydrogen) atoms. The van der Waals surface area contributed by atoms with Gasteiger partial charge in [-0.1, -0.05) is 17.7 Å². The number of allylic oxidation sites excluding steroid dienone is 4. The third kappa shape index (κ3) is 3.22. The zero-order valence-electron chi connectivity index (χ0n) is 15.1. The highest BCUT2D eigenvalue weighted by Gasteiger charge is 2.28. The Balaban J connectivity index is 1.57. The van der Waals surface area contributed by atoms with Gasteiger partial charge >= 0.3 is 0 Å². The molecule has 0 spiro atoms. The lowest BCUT2D eigenvalue weighted by atomic mass is 10.1. The molecule has 11 heteroatoms. The Morgan fingerprint density at radius 1 is 1.38 bits per heavy atom. The minimum Gasteiger partial charge on any atom is -0.382 e. The lowest BCUT2D eigenvalue weighted by Crippen LogP contribution is -2.21. The Labute approximate surface area is 174 Å². The van der Waals surface area contributed by atoms with Crippen LogP contribution in [0.2, 0.25) is 0 Å². The van der Waals surface area contributed by atoms with E-state index >= 15 is 0 Å². The lowest BCUT2D eigenvalue weighted by Gasteiger charge is -2.18. The van der Waals surface area contributed by atoms with Crippen LogP contribution in [0.1, 0.15) is 22.9 Å². The summed E-state index contributed by atoms with van der Waals surface area (Å²) in [6.07, 6.45) is 6.30. The lowest BCUT2D eigenvalue weighted by molar-refractivity contribution is 0.413. The van der Waals surface area contributed by atoms with E-state index in [2.05, 4.69) is 36.9 Å². The second-order valence-corrected chi connectivity index (χ2v) is 8.32. The molecule has 148 valence electrons. The van der Waals surface area contributed by atoms with E-state index in [1.807, 2.05) is 0 Å². The Hall–Kier alpha value is -2.69. The summed E-state index contributed by atoms with van der Waals surface area (Å²) in [5, 5.41) is 15.1. The van der Waals surface area contributed by atoms with Gasteiger partial charge in [-0.05, 0) is 47.5 Å². The number of anilines is 1. The van der Waals surface area contributed by atoms with Gasteiger partial charge in [0.15, 0.2) is 11.5 Å². The van der Waals surface area contributed by atoms with Gasteiger partial charge in [-0.3, -0.25) is 0 Å². The fourth-order valence-electron chi connectivity index (χ4n) is 3.47. The number of nitrogens with zero attached hydrogens (tertiary/aromatic N) is 6. The fourth-order valence-corrected chi connectivity index (χ4v) is 4.82. The van der Waals surface area contributed by atoms with Crippen LogP contribution in [0.4, 0.5) is 10.2 Å². The van der Waals surface area contributed by atoms with Crippen molar-refractivity contribution in [3.05, 3.63) is 45.7 Å². The molecule has 1 unspecified atom stereocenters. The van der Waals surface area contributed by atoms with Crippen molar-refractivity contribution >= 4 is 28.8 Å². The summed E-state index contributed by atoms with van der Waals surface area (Å²) in [5.74, 6) is -0.0711. The summed E-state index contributed by atoms with van der Waals surface area (Å²) >= 11 is 7.62. The van der Waals surface area contributed by atoms with Crippen molar-refractivity contribution in [3.8, 4) is 22.1 Å².